The molecule has 1 saturated heterocycles. The average Bonchev–Trinajstić information content (AvgIpc) is 2.97. The summed E-state index contributed by atoms with van der Waals surface area (Å²) in [7, 11) is 1.52. The molecule has 0 aliphatic carbocycles. The van der Waals surface area contributed by atoms with E-state index in [4.69, 9.17) is 20.9 Å². The summed E-state index contributed by atoms with van der Waals surface area (Å²) in [6, 6.07) is 0.179. The molecule has 0 aromatic carbocycles. The number of primary amides is 2. The zero-order chi connectivity index (χ0) is 19.1. The van der Waals surface area contributed by atoms with Gasteiger partial charge in [0.05, 0.1) is 17.0 Å². The fourth-order valence-corrected chi connectivity index (χ4v) is 3.38. The quantitative estimate of drug-likeness (QED) is 0.527. The van der Waals surface area contributed by atoms with E-state index >= 15 is 0 Å². The molecule has 0 radical (unpaired) electrons. The van der Waals surface area contributed by atoms with Gasteiger partial charge < -0.3 is 25.8 Å². The Morgan fingerprint density at radius 3 is 2.85 bits per heavy atom. The second-order valence-corrected chi connectivity index (χ2v) is 6.58. The van der Waals surface area contributed by atoms with E-state index in [1.54, 1.807) is 0 Å². The number of amides is 4. The predicted octanol–water partition coefficient (Wildman–Crippen LogP) is 0.936. The number of esters is 1. The first-order chi connectivity index (χ1) is 12.4. The minimum absolute atomic E-state index is 0.159. The number of nitrogens with two attached hydrogens (primary N) is 2. The molecule has 0 spiro atoms. The van der Waals surface area contributed by atoms with E-state index < -0.39 is 24.1 Å². The van der Waals surface area contributed by atoms with Crippen LogP contribution in [0.3, 0.4) is 0 Å². The van der Waals surface area contributed by atoms with E-state index in [0.717, 1.165) is 11.3 Å². The van der Waals surface area contributed by atoms with Crippen molar-refractivity contribution in [3.63, 3.8) is 0 Å². The molecule has 5 N–H and O–H groups in total. The van der Waals surface area contributed by atoms with Crippen LogP contribution in [0.1, 0.15) is 28.1 Å². The molecule has 1 aliphatic rings. The Labute approximate surface area is 154 Å². The van der Waals surface area contributed by atoms with E-state index in [-0.39, 0.29) is 23.7 Å². The van der Waals surface area contributed by atoms with E-state index in [9.17, 15) is 14.4 Å². The van der Waals surface area contributed by atoms with E-state index in [1.165, 1.54) is 18.1 Å². The van der Waals surface area contributed by atoms with Crippen molar-refractivity contribution in [3.05, 3.63) is 16.5 Å². The summed E-state index contributed by atoms with van der Waals surface area (Å²) < 4.78 is 10.3. The number of urea groups is 2. The summed E-state index contributed by atoms with van der Waals surface area (Å²) in [6.45, 7) is 1.02. The minimum Gasteiger partial charge on any atom is -0.457 e. The smallest absolute Gasteiger partial charge is 0.341 e. The molecule has 1 aliphatic heterocycles. The molecular formula is C16H20N4O5S. The number of carbonyl (C=O) groups excluding carboxylic acids is 3. The molecule has 4 amide bonds. The van der Waals surface area contributed by atoms with Gasteiger partial charge >= 0.3 is 18.0 Å². The van der Waals surface area contributed by atoms with Gasteiger partial charge in [-0.3, -0.25) is 5.32 Å². The van der Waals surface area contributed by atoms with Crippen molar-refractivity contribution in [3.8, 4) is 11.8 Å². The number of nitrogens with zero attached hydrogens (tertiary/aromatic N) is 1. The van der Waals surface area contributed by atoms with Crippen LogP contribution in [0.25, 0.3) is 0 Å². The molecule has 2 rings (SSSR count). The number of piperidine rings is 1. The maximum absolute atomic E-state index is 12.5. The highest BCUT2D eigenvalue weighted by Crippen LogP contribution is 2.29. The van der Waals surface area contributed by atoms with Crippen LogP contribution in [-0.4, -0.2) is 55.8 Å². The van der Waals surface area contributed by atoms with Gasteiger partial charge in [0.2, 0.25) is 0 Å². The topological polar surface area (TPSA) is 137 Å². The molecule has 26 heavy (non-hydrogen) atoms. The average molecular weight is 380 g/mol. The number of hydrogen-bond donors (Lipinski definition) is 3. The number of carbonyl (C=O) groups is 3. The van der Waals surface area contributed by atoms with Gasteiger partial charge in [-0.25, -0.2) is 14.4 Å². The van der Waals surface area contributed by atoms with Gasteiger partial charge in [0, 0.05) is 13.7 Å². The number of thiophene rings is 1. The molecule has 1 aromatic rings. The van der Waals surface area contributed by atoms with Crippen LogP contribution < -0.4 is 16.8 Å². The van der Waals surface area contributed by atoms with Crippen molar-refractivity contribution < 1.29 is 23.9 Å². The third-order valence-corrected chi connectivity index (χ3v) is 4.55. The summed E-state index contributed by atoms with van der Waals surface area (Å²) in [6.07, 6.45) is 0.844. The number of hydrogen-bond acceptors (Lipinski definition) is 6. The van der Waals surface area contributed by atoms with Crippen LogP contribution in [0.5, 0.6) is 0 Å². The van der Waals surface area contributed by atoms with Gasteiger partial charge in [-0.05, 0) is 18.9 Å². The zero-order valence-electron chi connectivity index (χ0n) is 14.2. The van der Waals surface area contributed by atoms with Gasteiger partial charge in [-0.1, -0.05) is 11.8 Å². The number of anilines is 1. The fraction of sp³-hybridized carbons (Fsp3) is 0.438. The van der Waals surface area contributed by atoms with E-state index in [2.05, 4.69) is 17.2 Å². The summed E-state index contributed by atoms with van der Waals surface area (Å²) in [5.74, 6) is 4.98. The van der Waals surface area contributed by atoms with Crippen LogP contribution in [0.4, 0.5) is 14.6 Å². The SMILES string of the molecule is COCC#Cc1cc(C(=O)OC2CCCN(C(N)=O)C2)c(NC(N)=O)s1. The van der Waals surface area contributed by atoms with Gasteiger partial charge in [0.25, 0.3) is 0 Å². The van der Waals surface area contributed by atoms with E-state index in [0.29, 0.717) is 24.3 Å². The van der Waals surface area contributed by atoms with Crippen molar-refractivity contribution in [2.24, 2.45) is 11.5 Å². The zero-order valence-corrected chi connectivity index (χ0v) is 15.1. The Balaban J connectivity index is 2.14. The summed E-state index contributed by atoms with van der Waals surface area (Å²) in [5.41, 5.74) is 10.6. The number of likely N-dealkylation sites (tertiary alicyclic amines) is 1. The van der Waals surface area contributed by atoms with Gasteiger partial charge in [0.1, 0.15) is 17.7 Å². The molecule has 1 fully saturated rings. The number of ether oxygens (including phenoxy) is 2. The first-order valence-electron chi connectivity index (χ1n) is 7.84. The van der Waals surface area contributed by atoms with Crippen molar-refractivity contribution in [1.82, 2.24) is 4.90 Å². The second kappa shape index (κ2) is 9.07. The summed E-state index contributed by atoms with van der Waals surface area (Å²) in [5, 5.41) is 2.66. The summed E-state index contributed by atoms with van der Waals surface area (Å²) in [4.78, 5) is 37.0. The van der Waals surface area contributed by atoms with Crippen LogP contribution in [0.2, 0.25) is 0 Å². The lowest BCUT2D eigenvalue weighted by Crippen LogP contribution is -2.46. The lowest BCUT2D eigenvalue weighted by Gasteiger charge is -2.31. The van der Waals surface area contributed by atoms with Crippen molar-refractivity contribution in [1.29, 1.82) is 0 Å². The van der Waals surface area contributed by atoms with Gasteiger partial charge in [-0.15, -0.1) is 11.3 Å². The molecule has 9 nitrogen and oxygen atoms in total. The van der Waals surface area contributed by atoms with Gasteiger partial charge in [0.15, 0.2) is 0 Å². The first kappa shape index (κ1) is 19.6. The third-order valence-electron chi connectivity index (χ3n) is 3.58. The normalized spacial score (nSPS) is 16.3. The minimum atomic E-state index is -0.796. The number of methoxy groups -OCH3 is 1. The molecule has 0 saturated carbocycles. The first-order valence-corrected chi connectivity index (χ1v) is 8.65. The highest BCUT2D eigenvalue weighted by molar-refractivity contribution is 7.17. The third kappa shape index (κ3) is 5.37. The maximum atomic E-state index is 12.5. The number of rotatable bonds is 4. The van der Waals surface area contributed by atoms with Crippen LogP contribution >= 0.6 is 11.3 Å². The Morgan fingerprint density at radius 1 is 1.42 bits per heavy atom. The van der Waals surface area contributed by atoms with Crippen LogP contribution in [0, 0.1) is 11.8 Å². The Kier molecular flexibility index (Phi) is 6.82. The lowest BCUT2D eigenvalue weighted by molar-refractivity contribution is 0.0129. The second-order valence-electron chi connectivity index (χ2n) is 5.53. The predicted molar refractivity (Wildman–Crippen MR) is 95.9 cm³/mol. The molecule has 140 valence electrons. The lowest BCUT2D eigenvalue weighted by atomic mass is 10.1. The maximum Gasteiger partial charge on any atom is 0.341 e. The molecule has 10 heteroatoms. The molecule has 1 atom stereocenters. The number of nitrogens with one attached hydrogen (secondary N) is 1. The van der Waals surface area contributed by atoms with E-state index in [1.807, 2.05) is 0 Å². The molecule has 2 heterocycles. The molecule has 1 aromatic heterocycles. The Hall–Kier alpha value is -2.77. The van der Waals surface area contributed by atoms with Crippen LogP contribution in [-0.2, 0) is 9.47 Å². The Bertz CT molecular complexity index is 752. The molecule has 1 unspecified atom stereocenters. The highest BCUT2D eigenvalue weighted by Gasteiger charge is 2.27. The molecular weight excluding hydrogens is 360 g/mol. The van der Waals surface area contributed by atoms with Crippen molar-refractivity contribution in [2.75, 3.05) is 32.1 Å². The highest BCUT2D eigenvalue weighted by atomic mass is 32.1. The van der Waals surface area contributed by atoms with Crippen molar-refractivity contribution in [2.45, 2.75) is 18.9 Å². The fourth-order valence-electron chi connectivity index (χ4n) is 2.45. The van der Waals surface area contributed by atoms with Gasteiger partial charge in [-0.2, -0.15) is 0 Å². The molecule has 0 bridgehead atoms. The van der Waals surface area contributed by atoms with Crippen molar-refractivity contribution >= 4 is 34.4 Å². The Morgan fingerprint density at radius 2 is 2.19 bits per heavy atom. The largest absolute Gasteiger partial charge is 0.457 e. The standard InChI is InChI=1S/C16H20N4O5S/c1-24-7-3-5-11-8-12(13(26-11)19-15(17)22)14(21)25-10-4-2-6-20(9-10)16(18)23/h8,10H,2,4,6-7,9H2,1H3,(H2,18,23)(H3,17,19,22). The monoisotopic (exact) mass is 380 g/mol. The summed E-state index contributed by atoms with van der Waals surface area (Å²) >= 11 is 1.11. The van der Waals surface area contributed by atoms with Crippen LogP contribution in [0.15, 0.2) is 6.07 Å².